The Bertz CT molecular complexity index is 348. The standard InChI is InChI=1S/C12H23NO2S/c1-16(14,15)8-7-12(13)6-2-3-11(9-12)10-4-5-10/h10-11H,2-9,13H2,1H3. The first kappa shape index (κ1) is 12.4. The molecule has 2 saturated carbocycles. The van der Waals surface area contributed by atoms with Gasteiger partial charge < -0.3 is 5.73 Å². The molecule has 2 aliphatic rings. The summed E-state index contributed by atoms with van der Waals surface area (Å²) in [4.78, 5) is 0. The number of hydrogen-bond donors (Lipinski definition) is 1. The lowest BCUT2D eigenvalue weighted by Crippen LogP contribution is -2.46. The second-order valence-corrected chi connectivity index (χ2v) is 8.20. The molecule has 3 nitrogen and oxygen atoms in total. The molecule has 0 aromatic carbocycles. The van der Waals surface area contributed by atoms with Gasteiger partial charge in [0.15, 0.2) is 0 Å². The molecule has 2 fully saturated rings. The van der Waals surface area contributed by atoms with Crippen molar-refractivity contribution in [1.29, 1.82) is 0 Å². The van der Waals surface area contributed by atoms with E-state index in [1.54, 1.807) is 0 Å². The zero-order chi connectivity index (χ0) is 11.8. The Morgan fingerprint density at radius 2 is 1.94 bits per heavy atom. The Balaban J connectivity index is 1.90. The van der Waals surface area contributed by atoms with Crippen LogP contribution in [0.3, 0.4) is 0 Å². The van der Waals surface area contributed by atoms with E-state index in [2.05, 4.69) is 0 Å². The van der Waals surface area contributed by atoms with Crippen molar-refractivity contribution in [2.45, 2.75) is 50.5 Å². The van der Waals surface area contributed by atoms with Crippen LogP contribution in [0, 0.1) is 11.8 Å². The van der Waals surface area contributed by atoms with E-state index < -0.39 is 9.84 Å². The summed E-state index contributed by atoms with van der Waals surface area (Å²) < 4.78 is 22.4. The minimum Gasteiger partial charge on any atom is -0.325 e. The zero-order valence-electron chi connectivity index (χ0n) is 10.1. The van der Waals surface area contributed by atoms with Gasteiger partial charge in [-0.05, 0) is 43.9 Å². The highest BCUT2D eigenvalue weighted by molar-refractivity contribution is 7.90. The molecule has 0 aliphatic heterocycles. The predicted molar refractivity (Wildman–Crippen MR) is 65.9 cm³/mol. The van der Waals surface area contributed by atoms with E-state index in [9.17, 15) is 8.42 Å². The van der Waals surface area contributed by atoms with Gasteiger partial charge in [0.05, 0.1) is 5.75 Å². The molecular formula is C12H23NO2S. The van der Waals surface area contributed by atoms with Crippen LogP contribution in [-0.2, 0) is 9.84 Å². The van der Waals surface area contributed by atoms with Crippen molar-refractivity contribution in [3.8, 4) is 0 Å². The number of sulfone groups is 1. The quantitative estimate of drug-likeness (QED) is 0.820. The molecule has 4 heteroatoms. The molecule has 2 N–H and O–H groups in total. The molecule has 0 amide bonds. The third-order valence-corrected chi connectivity index (χ3v) is 5.12. The van der Waals surface area contributed by atoms with Gasteiger partial charge >= 0.3 is 0 Å². The zero-order valence-corrected chi connectivity index (χ0v) is 10.9. The molecule has 0 radical (unpaired) electrons. The van der Waals surface area contributed by atoms with Crippen molar-refractivity contribution in [3.63, 3.8) is 0 Å². The van der Waals surface area contributed by atoms with Crippen molar-refractivity contribution < 1.29 is 8.42 Å². The minimum absolute atomic E-state index is 0.200. The van der Waals surface area contributed by atoms with Crippen molar-refractivity contribution in [1.82, 2.24) is 0 Å². The van der Waals surface area contributed by atoms with E-state index >= 15 is 0 Å². The summed E-state index contributed by atoms with van der Waals surface area (Å²) in [5.41, 5.74) is 6.16. The fourth-order valence-electron chi connectivity index (χ4n) is 3.03. The first-order valence-corrected chi connectivity index (χ1v) is 8.41. The Labute approximate surface area is 98.7 Å². The average Bonchev–Trinajstić information content (AvgIpc) is 2.97. The van der Waals surface area contributed by atoms with Crippen molar-refractivity contribution in [2.75, 3.05) is 12.0 Å². The summed E-state index contributed by atoms with van der Waals surface area (Å²) in [5.74, 6) is 1.93. The van der Waals surface area contributed by atoms with Crippen LogP contribution in [0.5, 0.6) is 0 Å². The second kappa shape index (κ2) is 4.30. The normalized spacial score (nSPS) is 36.2. The molecule has 2 atom stereocenters. The molecule has 2 rings (SSSR count). The lowest BCUT2D eigenvalue weighted by atomic mass is 9.73. The van der Waals surface area contributed by atoms with Gasteiger partial charge in [-0.2, -0.15) is 0 Å². The van der Waals surface area contributed by atoms with Crippen LogP contribution in [0.1, 0.15) is 44.9 Å². The van der Waals surface area contributed by atoms with Gasteiger partial charge in [0, 0.05) is 11.8 Å². The monoisotopic (exact) mass is 245 g/mol. The van der Waals surface area contributed by atoms with Crippen LogP contribution in [0.25, 0.3) is 0 Å². The molecular weight excluding hydrogens is 222 g/mol. The third kappa shape index (κ3) is 3.45. The lowest BCUT2D eigenvalue weighted by Gasteiger charge is -2.38. The predicted octanol–water partition coefficient (Wildman–Crippen LogP) is 1.72. The first-order chi connectivity index (χ1) is 7.38. The highest BCUT2D eigenvalue weighted by atomic mass is 32.2. The summed E-state index contributed by atoms with van der Waals surface area (Å²) in [5, 5.41) is 0. The summed E-state index contributed by atoms with van der Waals surface area (Å²) in [6, 6.07) is 0. The number of rotatable bonds is 4. The summed E-state index contributed by atoms with van der Waals surface area (Å²) in [6.07, 6.45) is 9.23. The molecule has 16 heavy (non-hydrogen) atoms. The van der Waals surface area contributed by atoms with Crippen molar-refractivity contribution in [3.05, 3.63) is 0 Å². The third-order valence-electron chi connectivity index (χ3n) is 4.18. The average molecular weight is 245 g/mol. The highest BCUT2D eigenvalue weighted by Crippen LogP contribution is 2.46. The fraction of sp³-hybridized carbons (Fsp3) is 1.00. The van der Waals surface area contributed by atoms with E-state index in [1.807, 2.05) is 0 Å². The van der Waals surface area contributed by atoms with Gasteiger partial charge in [-0.15, -0.1) is 0 Å². The summed E-state index contributed by atoms with van der Waals surface area (Å²) >= 11 is 0. The van der Waals surface area contributed by atoms with Gasteiger partial charge in [-0.25, -0.2) is 8.42 Å². The van der Waals surface area contributed by atoms with Gasteiger partial charge in [-0.3, -0.25) is 0 Å². The maximum Gasteiger partial charge on any atom is 0.147 e. The van der Waals surface area contributed by atoms with E-state index in [4.69, 9.17) is 5.73 Å². The van der Waals surface area contributed by atoms with E-state index in [1.165, 1.54) is 31.9 Å². The van der Waals surface area contributed by atoms with Gasteiger partial charge in [0.2, 0.25) is 0 Å². The maximum absolute atomic E-state index is 11.2. The molecule has 0 heterocycles. The van der Waals surface area contributed by atoms with Crippen LogP contribution >= 0.6 is 0 Å². The van der Waals surface area contributed by atoms with Crippen molar-refractivity contribution in [2.24, 2.45) is 17.6 Å². The van der Waals surface area contributed by atoms with Crippen LogP contribution in [0.15, 0.2) is 0 Å². The Morgan fingerprint density at radius 3 is 2.50 bits per heavy atom. The Hall–Kier alpha value is -0.0900. The van der Waals surface area contributed by atoms with Gasteiger partial charge in [0.25, 0.3) is 0 Å². The minimum atomic E-state index is -2.86. The van der Waals surface area contributed by atoms with Crippen LogP contribution in [-0.4, -0.2) is 26.0 Å². The summed E-state index contributed by atoms with van der Waals surface area (Å²) in [7, 11) is -2.86. The van der Waals surface area contributed by atoms with Crippen LogP contribution in [0.4, 0.5) is 0 Å². The maximum atomic E-state index is 11.2. The molecule has 0 bridgehead atoms. The van der Waals surface area contributed by atoms with Crippen LogP contribution < -0.4 is 5.73 Å². The largest absolute Gasteiger partial charge is 0.325 e. The Kier molecular flexibility index (Phi) is 3.32. The first-order valence-electron chi connectivity index (χ1n) is 6.35. The Morgan fingerprint density at radius 1 is 1.25 bits per heavy atom. The second-order valence-electron chi connectivity index (χ2n) is 5.94. The molecule has 0 spiro atoms. The van der Waals surface area contributed by atoms with Gasteiger partial charge in [0.1, 0.15) is 9.84 Å². The highest BCUT2D eigenvalue weighted by Gasteiger charge is 2.39. The number of hydrogen-bond acceptors (Lipinski definition) is 3. The van der Waals surface area contributed by atoms with Crippen molar-refractivity contribution >= 4 is 9.84 Å². The topological polar surface area (TPSA) is 60.2 Å². The summed E-state index contributed by atoms with van der Waals surface area (Å²) in [6.45, 7) is 0. The molecule has 0 aromatic rings. The van der Waals surface area contributed by atoms with E-state index in [0.29, 0.717) is 6.42 Å². The van der Waals surface area contributed by atoms with E-state index in [0.717, 1.165) is 24.7 Å². The lowest BCUT2D eigenvalue weighted by molar-refractivity contribution is 0.201. The van der Waals surface area contributed by atoms with Gasteiger partial charge in [-0.1, -0.05) is 12.8 Å². The molecule has 2 unspecified atom stereocenters. The van der Waals surface area contributed by atoms with Crippen LogP contribution in [0.2, 0.25) is 0 Å². The number of nitrogens with two attached hydrogens (primary N) is 1. The molecule has 94 valence electrons. The van der Waals surface area contributed by atoms with E-state index in [-0.39, 0.29) is 11.3 Å². The molecule has 0 aromatic heterocycles. The SMILES string of the molecule is CS(=O)(=O)CCC1(N)CCCC(C2CC2)C1. The molecule has 2 aliphatic carbocycles. The molecule has 0 saturated heterocycles. The fourth-order valence-corrected chi connectivity index (χ4v) is 3.81. The smallest absolute Gasteiger partial charge is 0.147 e.